The molecule has 1 fully saturated rings. The summed E-state index contributed by atoms with van der Waals surface area (Å²) in [6, 6.07) is 0.350. The van der Waals surface area contributed by atoms with Crippen LogP contribution in [0.3, 0.4) is 0 Å². The van der Waals surface area contributed by atoms with Gasteiger partial charge in [0, 0.05) is 49.3 Å². The highest BCUT2D eigenvalue weighted by Gasteiger charge is 2.37. The molecular formula is C19H22F3N7O. The van der Waals surface area contributed by atoms with Crippen LogP contribution in [-0.2, 0) is 17.4 Å². The first-order valence-corrected chi connectivity index (χ1v) is 9.79. The number of amides is 1. The number of aryl methyl sites for hydroxylation is 2. The maximum Gasteiger partial charge on any atom is 0.453 e. The number of hydrogen-bond donors (Lipinski definition) is 0. The van der Waals surface area contributed by atoms with Crippen molar-refractivity contribution >= 4 is 11.7 Å². The number of aromatic nitrogens is 6. The van der Waals surface area contributed by atoms with Crippen LogP contribution in [0.1, 0.15) is 48.1 Å². The van der Waals surface area contributed by atoms with Crippen molar-refractivity contribution < 1.29 is 18.0 Å². The van der Waals surface area contributed by atoms with Gasteiger partial charge in [0.05, 0.1) is 6.33 Å². The molecule has 0 unspecified atom stereocenters. The molecule has 0 aliphatic carbocycles. The van der Waals surface area contributed by atoms with Crippen LogP contribution in [0.5, 0.6) is 0 Å². The lowest BCUT2D eigenvalue weighted by Gasteiger charge is -2.32. The van der Waals surface area contributed by atoms with E-state index in [1.165, 1.54) is 0 Å². The van der Waals surface area contributed by atoms with Gasteiger partial charge in [-0.05, 0) is 38.7 Å². The topological polar surface area (TPSA) is 81.2 Å². The van der Waals surface area contributed by atoms with Crippen molar-refractivity contribution in [1.82, 2.24) is 34.0 Å². The number of hydrogen-bond acceptors (Lipinski definition) is 5. The van der Waals surface area contributed by atoms with Crippen molar-refractivity contribution in [2.24, 2.45) is 0 Å². The Morgan fingerprint density at radius 3 is 2.57 bits per heavy atom. The molecule has 160 valence electrons. The van der Waals surface area contributed by atoms with E-state index in [1.807, 2.05) is 11.1 Å². The molecule has 0 radical (unpaired) electrons. The minimum atomic E-state index is -4.63. The van der Waals surface area contributed by atoms with Crippen LogP contribution in [0.4, 0.5) is 13.2 Å². The minimum absolute atomic E-state index is 0.0348. The maximum atomic E-state index is 12.9. The Bertz CT molecular complexity index is 1050. The second-order valence-electron chi connectivity index (χ2n) is 7.53. The average molecular weight is 421 g/mol. The highest BCUT2D eigenvalue weighted by molar-refractivity contribution is 5.76. The predicted octanol–water partition coefficient (Wildman–Crippen LogP) is 2.75. The van der Waals surface area contributed by atoms with Crippen molar-refractivity contribution in [3.05, 3.63) is 41.5 Å². The Hall–Kier alpha value is -2.98. The monoisotopic (exact) mass is 421 g/mol. The van der Waals surface area contributed by atoms with E-state index in [1.54, 1.807) is 26.4 Å². The van der Waals surface area contributed by atoms with Gasteiger partial charge in [0.15, 0.2) is 0 Å². The highest BCUT2D eigenvalue weighted by Crippen LogP contribution is 2.27. The molecule has 8 nitrogen and oxygen atoms in total. The number of fused-ring (bicyclic) bond motifs is 1. The van der Waals surface area contributed by atoms with E-state index in [0.717, 1.165) is 22.9 Å². The standard InChI is InChI=1S/C19H22F3N7O/c1-12-15(13(2)29-18(24-12)25-17(26-29)19(20,21)22)3-4-16(30)27-8-5-14(6-9-27)28-10-7-23-11-28/h7,10-11,14H,3-6,8-9H2,1-2H3. The number of carbonyl (C=O) groups excluding carboxylic acids is 1. The maximum absolute atomic E-state index is 12.9. The van der Waals surface area contributed by atoms with E-state index in [-0.39, 0.29) is 18.1 Å². The van der Waals surface area contributed by atoms with E-state index < -0.39 is 12.0 Å². The zero-order chi connectivity index (χ0) is 21.5. The van der Waals surface area contributed by atoms with Gasteiger partial charge in [0.1, 0.15) is 0 Å². The molecule has 11 heteroatoms. The number of nitrogens with zero attached hydrogens (tertiary/aromatic N) is 7. The van der Waals surface area contributed by atoms with Crippen molar-refractivity contribution in [2.75, 3.05) is 13.1 Å². The summed E-state index contributed by atoms with van der Waals surface area (Å²) in [6.07, 6.45) is 3.25. The summed E-state index contributed by atoms with van der Waals surface area (Å²) in [5.41, 5.74) is 1.81. The van der Waals surface area contributed by atoms with Gasteiger partial charge in [-0.25, -0.2) is 14.5 Å². The largest absolute Gasteiger partial charge is 0.453 e. The lowest BCUT2D eigenvalue weighted by molar-refractivity contribution is -0.144. The molecule has 30 heavy (non-hydrogen) atoms. The first-order chi connectivity index (χ1) is 14.2. The summed E-state index contributed by atoms with van der Waals surface area (Å²) in [5, 5.41) is 3.55. The fourth-order valence-electron chi connectivity index (χ4n) is 3.98. The van der Waals surface area contributed by atoms with Gasteiger partial charge >= 0.3 is 6.18 Å². The Morgan fingerprint density at radius 1 is 1.20 bits per heavy atom. The molecule has 1 saturated heterocycles. The van der Waals surface area contributed by atoms with E-state index in [4.69, 9.17) is 0 Å². The Kier molecular flexibility index (Phi) is 5.20. The molecule has 1 aliphatic heterocycles. The molecule has 4 heterocycles. The number of halogens is 3. The van der Waals surface area contributed by atoms with Gasteiger partial charge in [0.25, 0.3) is 11.6 Å². The molecule has 1 aliphatic rings. The molecule has 0 bridgehead atoms. The third-order valence-corrected chi connectivity index (χ3v) is 5.66. The molecule has 0 spiro atoms. The summed E-state index contributed by atoms with van der Waals surface area (Å²) >= 11 is 0. The van der Waals surface area contributed by atoms with Crippen LogP contribution < -0.4 is 0 Å². The number of carbonyl (C=O) groups is 1. The van der Waals surface area contributed by atoms with Gasteiger partial charge in [-0.1, -0.05) is 0 Å². The Morgan fingerprint density at radius 2 is 1.93 bits per heavy atom. The van der Waals surface area contributed by atoms with Crippen LogP contribution in [-0.4, -0.2) is 53.0 Å². The second-order valence-corrected chi connectivity index (χ2v) is 7.53. The predicted molar refractivity (Wildman–Crippen MR) is 101 cm³/mol. The quantitative estimate of drug-likeness (QED) is 0.647. The number of rotatable bonds is 4. The summed E-state index contributed by atoms with van der Waals surface area (Å²) < 4.78 is 41.9. The van der Waals surface area contributed by atoms with Crippen molar-refractivity contribution in [3.63, 3.8) is 0 Å². The zero-order valence-electron chi connectivity index (χ0n) is 16.7. The van der Waals surface area contributed by atoms with E-state index in [2.05, 4.69) is 24.6 Å². The molecular weight excluding hydrogens is 399 g/mol. The van der Waals surface area contributed by atoms with Gasteiger partial charge in [-0.3, -0.25) is 4.79 Å². The zero-order valence-corrected chi connectivity index (χ0v) is 16.7. The fourth-order valence-corrected chi connectivity index (χ4v) is 3.98. The van der Waals surface area contributed by atoms with Crippen LogP contribution in [0.15, 0.2) is 18.7 Å². The van der Waals surface area contributed by atoms with Gasteiger partial charge in [-0.15, -0.1) is 5.10 Å². The molecule has 4 rings (SSSR count). The number of imidazole rings is 1. The summed E-state index contributed by atoms with van der Waals surface area (Å²) in [4.78, 5) is 26.2. The molecule has 0 atom stereocenters. The van der Waals surface area contributed by atoms with Gasteiger partial charge in [0.2, 0.25) is 5.91 Å². The second kappa shape index (κ2) is 7.69. The lowest BCUT2D eigenvalue weighted by atomic mass is 10.0. The van der Waals surface area contributed by atoms with Crippen LogP contribution in [0.25, 0.3) is 5.78 Å². The molecule has 0 N–H and O–H groups in total. The molecule has 3 aromatic rings. The number of alkyl halides is 3. The van der Waals surface area contributed by atoms with Crippen molar-refractivity contribution in [3.8, 4) is 0 Å². The molecule has 3 aromatic heterocycles. The number of likely N-dealkylation sites (tertiary alicyclic amines) is 1. The first-order valence-electron chi connectivity index (χ1n) is 9.79. The van der Waals surface area contributed by atoms with Crippen LogP contribution >= 0.6 is 0 Å². The minimum Gasteiger partial charge on any atom is -0.343 e. The third-order valence-electron chi connectivity index (χ3n) is 5.66. The van der Waals surface area contributed by atoms with Crippen molar-refractivity contribution in [2.45, 2.75) is 51.7 Å². The first kappa shape index (κ1) is 20.3. The molecule has 0 saturated carbocycles. The third kappa shape index (κ3) is 3.88. The normalized spacial score (nSPS) is 15.8. The van der Waals surface area contributed by atoms with Crippen LogP contribution in [0.2, 0.25) is 0 Å². The smallest absolute Gasteiger partial charge is 0.343 e. The lowest BCUT2D eigenvalue weighted by Crippen LogP contribution is -2.39. The van der Waals surface area contributed by atoms with E-state index in [0.29, 0.717) is 36.9 Å². The SMILES string of the molecule is Cc1nc2nc(C(F)(F)F)nn2c(C)c1CCC(=O)N1CCC(n2ccnc2)CC1. The summed E-state index contributed by atoms with van der Waals surface area (Å²) in [6.45, 7) is 4.74. The van der Waals surface area contributed by atoms with Crippen molar-refractivity contribution in [1.29, 1.82) is 0 Å². The Balaban J connectivity index is 1.42. The highest BCUT2D eigenvalue weighted by atomic mass is 19.4. The van der Waals surface area contributed by atoms with Gasteiger partial charge in [-0.2, -0.15) is 18.2 Å². The molecule has 1 amide bonds. The Labute approximate surface area is 170 Å². The molecule has 0 aromatic carbocycles. The number of piperidine rings is 1. The average Bonchev–Trinajstić information content (AvgIpc) is 3.37. The van der Waals surface area contributed by atoms with E-state index >= 15 is 0 Å². The van der Waals surface area contributed by atoms with Gasteiger partial charge < -0.3 is 9.47 Å². The van der Waals surface area contributed by atoms with Crippen LogP contribution in [0, 0.1) is 13.8 Å². The summed E-state index contributed by atoms with van der Waals surface area (Å²) in [7, 11) is 0. The fraction of sp³-hybridized carbons (Fsp3) is 0.526. The van der Waals surface area contributed by atoms with E-state index in [9.17, 15) is 18.0 Å². The summed E-state index contributed by atoms with van der Waals surface area (Å²) in [5.74, 6) is -1.27.